The van der Waals surface area contributed by atoms with E-state index in [0.29, 0.717) is 0 Å². The van der Waals surface area contributed by atoms with E-state index in [1.54, 1.807) is 6.20 Å². The summed E-state index contributed by atoms with van der Waals surface area (Å²) < 4.78 is 0. The topological polar surface area (TPSA) is 42.1 Å². The number of hydrogen-bond acceptors (Lipinski definition) is 3. The molecule has 0 spiro atoms. The van der Waals surface area contributed by atoms with E-state index in [-0.39, 0.29) is 0 Å². The van der Waals surface area contributed by atoms with Gasteiger partial charge in [-0.25, -0.2) is 0 Å². The fraction of sp³-hybridized carbons (Fsp3) is 0.643. The van der Waals surface area contributed by atoms with Crippen molar-refractivity contribution in [3.05, 3.63) is 24.0 Å². The monoisotopic (exact) mass is 233 g/mol. The highest BCUT2D eigenvalue weighted by Crippen LogP contribution is 2.26. The molecule has 1 aromatic heterocycles. The molecular formula is C14H23N3. The Morgan fingerprint density at radius 3 is 2.76 bits per heavy atom. The summed E-state index contributed by atoms with van der Waals surface area (Å²) in [5.74, 6) is 0.953. The van der Waals surface area contributed by atoms with Crippen LogP contribution in [0.25, 0.3) is 0 Å². The third kappa shape index (κ3) is 3.70. The van der Waals surface area contributed by atoms with Crippen molar-refractivity contribution >= 4 is 5.69 Å². The quantitative estimate of drug-likeness (QED) is 0.820. The highest BCUT2D eigenvalue weighted by molar-refractivity contribution is 5.34. The molecule has 1 aliphatic carbocycles. The van der Waals surface area contributed by atoms with Crippen LogP contribution >= 0.6 is 0 Å². The number of pyridine rings is 1. The Morgan fingerprint density at radius 1 is 1.41 bits per heavy atom. The van der Waals surface area contributed by atoms with Crippen molar-refractivity contribution in [1.82, 2.24) is 9.88 Å². The van der Waals surface area contributed by atoms with Crippen LogP contribution in [0.4, 0.5) is 5.69 Å². The van der Waals surface area contributed by atoms with Gasteiger partial charge in [0.25, 0.3) is 0 Å². The van der Waals surface area contributed by atoms with E-state index in [0.717, 1.165) is 36.8 Å². The highest BCUT2D eigenvalue weighted by atomic mass is 15.1. The molecular weight excluding hydrogens is 210 g/mol. The molecule has 17 heavy (non-hydrogen) atoms. The van der Waals surface area contributed by atoms with E-state index in [1.807, 2.05) is 12.1 Å². The first-order valence-electron chi connectivity index (χ1n) is 6.70. The second kappa shape index (κ2) is 6.01. The minimum atomic E-state index is 0.746. The van der Waals surface area contributed by atoms with Crippen LogP contribution in [0.3, 0.4) is 0 Å². The van der Waals surface area contributed by atoms with Crippen molar-refractivity contribution in [2.45, 2.75) is 32.6 Å². The van der Waals surface area contributed by atoms with E-state index in [1.165, 1.54) is 25.8 Å². The fourth-order valence-electron chi connectivity index (χ4n) is 2.28. The van der Waals surface area contributed by atoms with Gasteiger partial charge < -0.3 is 10.6 Å². The lowest BCUT2D eigenvalue weighted by Crippen LogP contribution is -2.34. The number of nitrogens with two attached hydrogens (primary N) is 1. The van der Waals surface area contributed by atoms with Crippen molar-refractivity contribution < 1.29 is 0 Å². The van der Waals surface area contributed by atoms with Crippen LogP contribution < -0.4 is 5.73 Å². The van der Waals surface area contributed by atoms with E-state index in [9.17, 15) is 0 Å². The maximum atomic E-state index is 5.63. The number of anilines is 1. The Morgan fingerprint density at radius 2 is 2.24 bits per heavy atom. The first kappa shape index (κ1) is 12.4. The first-order valence-corrected chi connectivity index (χ1v) is 6.70. The van der Waals surface area contributed by atoms with Gasteiger partial charge in [-0.3, -0.25) is 4.98 Å². The summed E-state index contributed by atoms with van der Waals surface area (Å²) in [7, 11) is 0. The maximum absolute atomic E-state index is 5.63. The zero-order chi connectivity index (χ0) is 12.1. The Labute approximate surface area is 104 Å². The number of likely N-dealkylation sites (N-methyl/N-ethyl adjacent to an activating group) is 1. The predicted molar refractivity (Wildman–Crippen MR) is 71.8 cm³/mol. The first-order chi connectivity index (χ1) is 8.28. The smallest absolute Gasteiger partial charge is 0.0501 e. The molecule has 0 aliphatic heterocycles. The molecule has 0 amide bonds. The second-order valence-corrected chi connectivity index (χ2v) is 5.02. The molecule has 3 nitrogen and oxygen atoms in total. The zero-order valence-corrected chi connectivity index (χ0v) is 10.7. The Hall–Kier alpha value is -1.09. The van der Waals surface area contributed by atoms with Crippen LogP contribution in [-0.4, -0.2) is 29.5 Å². The molecule has 0 aromatic carbocycles. The minimum Gasteiger partial charge on any atom is -0.397 e. The maximum Gasteiger partial charge on any atom is 0.0501 e. The van der Waals surface area contributed by atoms with E-state index in [4.69, 9.17) is 5.73 Å². The van der Waals surface area contributed by atoms with Gasteiger partial charge in [-0.1, -0.05) is 13.3 Å². The van der Waals surface area contributed by atoms with Gasteiger partial charge in [-0.2, -0.15) is 0 Å². The molecule has 2 rings (SSSR count). The Kier molecular flexibility index (Phi) is 4.37. The summed E-state index contributed by atoms with van der Waals surface area (Å²) in [5, 5.41) is 0. The lowest BCUT2D eigenvalue weighted by molar-refractivity contribution is 0.185. The molecule has 2 N–H and O–H groups in total. The summed E-state index contributed by atoms with van der Waals surface area (Å²) in [6, 6.07) is 3.97. The van der Waals surface area contributed by atoms with Crippen LogP contribution in [0.2, 0.25) is 0 Å². The molecule has 0 atom stereocenters. The molecule has 94 valence electrons. The molecule has 1 saturated carbocycles. The predicted octanol–water partition coefficient (Wildman–Crippen LogP) is 2.33. The van der Waals surface area contributed by atoms with E-state index in [2.05, 4.69) is 16.8 Å². The van der Waals surface area contributed by atoms with E-state index < -0.39 is 0 Å². The van der Waals surface area contributed by atoms with Gasteiger partial charge in [0.1, 0.15) is 0 Å². The molecule has 0 unspecified atom stereocenters. The second-order valence-electron chi connectivity index (χ2n) is 5.02. The minimum absolute atomic E-state index is 0.746. The summed E-state index contributed by atoms with van der Waals surface area (Å²) >= 11 is 0. The van der Waals surface area contributed by atoms with Crippen LogP contribution in [-0.2, 0) is 6.42 Å². The Bertz CT molecular complexity index is 330. The molecule has 1 fully saturated rings. The number of aromatic nitrogens is 1. The third-order valence-electron chi connectivity index (χ3n) is 3.72. The molecule has 3 heteroatoms. The molecule has 0 saturated heterocycles. The number of rotatable bonds is 6. The van der Waals surface area contributed by atoms with Crippen molar-refractivity contribution in [2.24, 2.45) is 5.92 Å². The largest absolute Gasteiger partial charge is 0.397 e. The average molecular weight is 233 g/mol. The van der Waals surface area contributed by atoms with Crippen LogP contribution in [0.5, 0.6) is 0 Å². The summed E-state index contributed by atoms with van der Waals surface area (Å²) in [4.78, 5) is 6.89. The van der Waals surface area contributed by atoms with Gasteiger partial charge in [0, 0.05) is 25.2 Å². The number of nitrogen functional groups attached to an aromatic ring is 1. The SMILES string of the molecule is CCN(CCc1ccc(N)cn1)CC1CCC1. The third-order valence-corrected chi connectivity index (χ3v) is 3.72. The van der Waals surface area contributed by atoms with Gasteiger partial charge in [0.05, 0.1) is 11.9 Å². The highest BCUT2D eigenvalue weighted by Gasteiger charge is 2.19. The van der Waals surface area contributed by atoms with Crippen molar-refractivity contribution in [3.63, 3.8) is 0 Å². The number of nitrogens with zero attached hydrogens (tertiary/aromatic N) is 2. The number of hydrogen-bond donors (Lipinski definition) is 1. The lowest BCUT2D eigenvalue weighted by Gasteiger charge is -2.31. The van der Waals surface area contributed by atoms with Crippen LogP contribution in [0.15, 0.2) is 18.3 Å². The van der Waals surface area contributed by atoms with Gasteiger partial charge >= 0.3 is 0 Å². The standard InChI is InChI=1S/C14H23N3/c1-2-17(11-12-4-3-5-12)9-8-14-7-6-13(15)10-16-14/h6-7,10,12H,2-5,8-9,11,15H2,1H3. The lowest BCUT2D eigenvalue weighted by atomic mass is 9.85. The fourth-order valence-corrected chi connectivity index (χ4v) is 2.28. The summed E-state index contributed by atoms with van der Waals surface area (Å²) in [6.07, 6.45) is 7.06. The van der Waals surface area contributed by atoms with Gasteiger partial charge in [0.15, 0.2) is 0 Å². The normalized spacial score (nSPS) is 16.1. The summed E-state index contributed by atoms with van der Waals surface area (Å²) in [6.45, 7) is 5.77. The van der Waals surface area contributed by atoms with Crippen molar-refractivity contribution in [3.8, 4) is 0 Å². The van der Waals surface area contributed by atoms with E-state index >= 15 is 0 Å². The van der Waals surface area contributed by atoms with Crippen LogP contribution in [0, 0.1) is 5.92 Å². The zero-order valence-electron chi connectivity index (χ0n) is 10.7. The average Bonchev–Trinajstić information content (AvgIpc) is 2.29. The van der Waals surface area contributed by atoms with Gasteiger partial charge in [-0.15, -0.1) is 0 Å². The van der Waals surface area contributed by atoms with Crippen molar-refractivity contribution in [2.75, 3.05) is 25.4 Å². The molecule has 0 radical (unpaired) electrons. The van der Waals surface area contributed by atoms with Crippen molar-refractivity contribution in [1.29, 1.82) is 0 Å². The van der Waals surface area contributed by atoms with Gasteiger partial charge in [0.2, 0.25) is 0 Å². The molecule has 1 heterocycles. The Balaban J connectivity index is 1.76. The summed E-state index contributed by atoms with van der Waals surface area (Å²) in [5.41, 5.74) is 7.52. The molecule has 1 aromatic rings. The molecule has 0 bridgehead atoms. The van der Waals surface area contributed by atoms with Gasteiger partial charge in [-0.05, 0) is 37.4 Å². The molecule has 1 aliphatic rings. The van der Waals surface area contributed by atoms with Crippen LogP contribution in [0.1, 0.15) is 31.9 Å².